The van der Waals surface area contributed by atoms with Crippen molar-refractivity contribution in [3.8, 4) is 5.75 Å². The molecule has 0 saturated carbocycles. The molecule has 9 heteroatoms. The standard InChI is InChI=1S/C21H21ClN2O5S/c1-30(26,27)24(14-16-5-2-3-7-20(16)22)17-8-10-18(11-9-17)29-15-21(25)23-13-19-6-4-12-28-19/h2-12H,13-15H2,1H3,(H,23,25). The molecular formula is C21H21ClN2O5S. The number of nitrogens with one attached hydrogen (secondary N) is 1. The summed E-state index contributed by atoms with van der Waals surface area (Å²) in [5.74, 6) is 0.789. The monoisotopic (exact) mass is 448 g/mol. The summed E-state index contributed by atoms with van der Waals surface area (Å²) in [6.45, 7) is 0.211. The van der Waals surface area contributed by atoms with Crippen molar-refractivity contribution >= 4 is 33.2 Å². The van der Waals surface area contributed by atoms with Crippen LogP contribution in [-0.4, -0.2) is 27.2 Å². The quantitative estimate of drug-likeness (QED) is 0.540. The van der Waals surface area contributed by atoms with Gasteiger partial charge in [-0.05, 0) is 48.0 Å². The minimum absolute atomic E-state index is 0.105. The molecule has 0 unspecified atom stereocenters. The predicted octanol–water partition coefficient (Wildman–Crippen LogP) is 3.59. The first-order valence-corrected chi connectivity index (χ1v) is 11.3. The number of benzene rings is 2. The van der Waals surface area contributed by atoms with Crippen molar-refractivity contribution in [2.45, 2.75) is 13.1 Å². The van der Waals surface area contributed by atoms with Crippen LogP contribution in [-0.2, 0) is 27.9 Å². The summed E-state index contributed by atoms with van der Waals surface area (Å²) < 4.78 is 36.5. The van der Waals surface area contributed by atoms with Gasteiger partial charge in [-0.1, -0.05) is 29.8 Å². The number of carbonyl (C=O) groups is 1. The third-order valence-electron chi connectivity index (χ3n) is 4.21. The van der Waals surface area contributed by atoms with Gasteiger partial charge in [0, 0.05) is 5.02 Å². The summed E-state index contributed by atoms with van der Waals surface area (Å²) in [6.07, 6.45) is 2.67. The maximum atomic E-state index is 12.3. The number of furan rings is 1. The highest BCUT2D eigenvalue weighted by Crippen LogP contribution is 2.26. The summed E-state index contributed by atoms with van der Waals surface area (Å²) in [5.41, 5.74) is 1.16. The summed E-state index contributed by atoms with van der Waals surface area (Å²) in [4.78, 5) is 11.9. The minimum Gasteiger partial charge on any atom is -0.484 e. The molecule has 0 aliphatic rings. The van der Waals surface area contributed by atoms with Gasteiger partial charge in [0.25, 0.3) is 5.91 Å². The Kier molecular flexibility index (Phi) is 7.02. The van der Waals surface area contributed by atoms with E-state index in [0.29, 0.717) is 27.8 Å². The molecule has 0 atom stereocenters. The molecule has 0 radical (unpaired) electrons. The fourth-order valence-electron chi connectivity index (χ4n) is 2.69. The molecular weight excluding hydrogens is 428 g/mol. The van der Waals surface area contributed by atoms with Crippen molar-refractivity contribution in [1.29, 1.82) is 0 Å². The van der Waals surface area contributed by atoms with Gasteiger partial charge in [-0.2, -0.15) is 0 Å². The highest BCUT2D eigenvalue weighted by Gasteiger charge is 2.19. The first kappa shape index (κ1) is 21.7. The van der Waals surface area contributed by atoms with Gasteiger partial charge in [0.1, 0.15) is 11.5 Å². The summed E-state index contributed by atoms with van der Waals surface area (Å²) >= 11 is 6.18. The minimum atomic E-state index is -3.54. The Balaban J connectivity index is 1.62. The molecule has 30 heavy (non-hydrogen) atoms. The van der Waals surface area contributed by atoms with Gasteiger partial charge < -0.3 is 14.5 Å². The second-order valence-corrected chi connectivity index (χ2v) is 8.81. The van der Waals surface area contributed by atoms with Crippen LogP contribution in [0.25, 0.3) is 0 Å². The Morgan fingerprint density at radius 2 is 1.83 bits per heavy atom. The zero-order chi connectivity index (χ0) is 21.6. The Morgan fingerprint density at radius 3 is 2.47 bits per heavy atom. The Hall–Kier alpha value is -2.97. The van der Waals surface area contributed by atoms with E-state index in [1.54, 1.807) is 60.7 Å². The molecule has 0 bridgehead atoms. The van der Waals surface area contributed by atoms with Gasteiger partial charge >= 0.3 is 0 Å². The van der Waals surface area contributed by atoms with Gasteiger partial charge in [0.2, 0.25) is 10.0 Å². The fourth-order valence-corrected chi connectivity index (χ4v) is 3.76. The average Bonchev–Trinajstić information content (AvgIpc) is 3.23. The Bertz CT molecular complexity index is 1080. The van der Waals surface area contributed by atoms with Crippen LogP contribution in [0.2, 0.25) is 5.02 Å². The van der Waals surface area contributed by atoms with Gasteiger partial charge in [0.15, 0.2) is 6.61 Å². The molecule has 1 heterocycles. The van der Waals surface area contributed by atoms with Crippen molar-refractivity contribution in [2.75, 3.05) is 17.2 Å². The van der Waals surface area contributed by atoms with Crippen molar-refractivity contribution < 1.29 is 22.4 Å². The van der Waals surface area contributed by atoms with E-state index in [9.17, 15) is 13.2 Å². The second-order valence-electron chi connectivity index (χ2n) is 6.50. The average molecular weight is 449 g/mol. The van der Waals surface area contributed by atoms with E-state index in [0.717, 1.165) is 6.26 Å². The number of anilines is 1. The number of ether oxygens (including phenoxy) is 1. The first-order chi connectivity index (χ1) is 14.3. The maximum Gasteiger partial charge on any atom is 0.258 e. The molecule has 0 fully saturated rings. The topological polar surface area (TPSA) is 88.8 Å². The molecule has 3 aromatic rings. The van der Waals surface area contributed by atoms with E-state index < -0.39 is 10.0 Å². The zero-order valence-electron chi connectivity index (χ0n) is 16.2. The summed E-state index contributed by atoms with van der Waals surface area (Å²) in [6, 6.07) is 17.0. The fraction of sp³-hybridized carbons (Fsp3) is 0.190. The van der Waals surface area contributed by atoms with E-state index in [1.807, 2.05) is 0 Å². The van der Waals surface area contributed by atoms with E-state index in [1.165, 1.54) is 10.6 Å². The molecule has 0 spiro atoms. The summed E-state index contributed by atoms with van der Waals surface area (Å²) in [5, 5.41) is 3.17. The smallest absolute Gasteiger partial charge is 0.258 e. The van der Waals surface area contributed by atoms with E-state index >= 15 is 0 Å². The molecule has 1 N–H and O–H groups in total. The number of amides is 1. The van der Waals surface area contributed by atoms with Crippen molar-refractivity contribution in [3.63, 3.8) is 0 Å². The van der Waals surface area contributed by atoms with E-state index in [4.69, 9.17) is 20.8 Å². The highest BCUT2D eigenvalue weighted by molar-refractivity contribution is 7.92. The third kappa shape index (κ3) is 6.01. The van der Waals surface area contributed by atoms with Crippen molar-refractivity contribution in [2.24, 2.45) is 0 Å². The number of nitrogens with zero attached hydrogens (tertiary/aromatic N) is 1. The lowest BCUT2D eigenvalue weighted by Crippen LogP contribution is -2.29. The molecule has 0 saturated heterocycles. The Morgan fingerprint density at radius 1 is 1.10 bits per heavy atom. The van der Waals surface area contributed by atoms with Crippen LogP contribution in [0.4, 0.5) is 5.69 Å². The zero-order valence-corrected chi connectivity index (χ0v) is 17.8. The second kappa shape index (κ2) is 9.69. The first-order valence-electron chi connectivity index (χ1n) is 9.06. The lowest BCUT2D eigenvalue weighted by molar-refractivity contribution is -0.123. The molecule has 1 amide bonds. The molecule has 0 aliphatic heterocycles. The third-order valence-corrected chi connectivity index (χ3v) is 5.72. The maximum absolute atomic E-state index is 12.3. The largest absolute Gasteiger partial charge is 0.484 e. The number of hydrogen-bond donors (Lipinski definition) is 1. The van der Waals surface area contributed by atoms with E-state index in [2.05, 4.69) is 5.32 Å². The molecule has 1 aromatic heterocycles. The predicted molar refractivity (Wildman–Crippen MR) is 115 cm³/mol. The molecule has 3 rings (SSSR count). The number of halogens is 1. The number of sulfonamides is 1. The molecule has 0 aliphatic carbocycles. The normalized spacial score (nSPS) is 11.1. The highest BCUT2D eigenvalue weighted by atomic mass is 35.5. The van der Waals surface area contributed by atoms with Gasteiger partial charge in [0.05, 0.1) is 31.3 Å². The van der Waals surface area contributed by atoms with Crippen LogP contribution in [0.1, 0.15) is 11.3 Å². The van der Waals surface area contributed by atoms with Gasteiger partial charge in [-0.25, -0.2) is 8.42 Å². The van der Waals surface area contributed by atoms with Crippen LogP contribution in [0, 0.1) is 0 Å². The van der Waals surface area contributed by atoms with Crippen LogP contribution < -0.4 is 14.4 Å². The van der Waals surface area contributed by atoms with Crippen LogP contribution in [0.5, 0.6) is 5.75 Å². The SMILES string of the molecule is CS(=O)(=O)N(Cc1ccccc1Cl)c1ccc(OCC(=O)NCc2ccco2)cc1. The van der Waals surface area contributed by atoms with Crippen LogP contribution in [0.15, 0.2) is 71.3 Å². The van der Waals surface area contributed by atoms with Crippen molar-refractivity contribution in [3.05, 3.63) is 83.3 Å². The lowest BCUT2D eigenvalue weighted by atomic mass is 10.2. The van der Waals surface area contributed by atoms with E-state index in [-0.39, 0.29) is 25.6 Å². The van der Waals surface area contributed by atoms with Gasteiger partial charge in [-0.15, -0.1) is 0 Å². The van der Waals surface area contributed by atoms with Crippen LogP contribution >= 0.6 is 11.6 Å². The Labute approximate surface area is 180 Å². The lowest BCUT2D eigenvalue weighted by Gasteiger charge is -2.23. The van der Waals surface area contributed by atoms with Crippen molar-refractivity contribution in [1.82, 2.24) is 5.32 Å². The molecule has 2 aromatic carbocycles. The number of carbonyl (C=O) groups excluding carboxylic acids is 1. The van der Waals surface area contributed by atoms with Gasteiger partial charge in [-0.3, -0.25) is 9.10 Å². The number of hydrogen-bond acceptors (Lipinski definition) is 5. The molecule has 158 valence electrons. The van der Waals surface area contributed by atoms with Crippen LogP contribution in [0.3, 0.4) is 0 Å². The summed E-state index contributed by atoms with van der Waals surface area (Å²) in [7, 11) is -3.54. The number of rotatable bonds is 9. The molecule has 7 nitrogen and oxygen atoms in total.